The number of hydrogen-bond acceptors (Lipinski definition) is 1. The summed E-state index contributed by atoms with van der Waals surface area (Å²) < 4.78 is 0. The van der Waals surface area contributed by atoms with Gasteiger partial charge in [0.2, 0.25) is 0 Å². The SMILES string of the molecule is Clc1ccnc2cc(CCBr)ccc12. The van der Waals surface area contributed by atoms with Crippen LogP contribution in [0.15, 0.2) is 30.5 Å². The van der Waals surface area contributed by atoms with Crippen molar-refractivity contribution in [3.05, 3.63) is 41.0 Å². The fourth-order valence-corrected chi connectivity index (χ4v) is 2.10. The summed E-state index contributed by atoms with van der Waals surface area (Å²) in [6.07, 6.45) is 2.76. The molecule has 0 unspecified atom stereocenters. The van der Waals surface area contributed by atoms with Gasteiger partial charge in [0.05, 0.1) is 10.5 Å². The molecule has 0 N–H and O–H groups in total. The van der Waals surface area contributed by atoms with Crippen LogP contribution in [0, 0.1) is 0 Å². The molecule has 0 fully saturated rings. The van der Waals surface area contributed by atoms with Gasteiger partial charge in [-0.2, -0.15) is 0 Å². The third kappa shape index (κ3) is 1.91. The van der Waals surface area contributed by atoms with Crippen molar-refractivity contribution in [1.82, 2.24) is 4.98 Å². The first-order valence-corrected chi connectivity index (χ1v) is 5.90. The first kappa shape index (κ1) is 9.94. The van der Waals surface area contributed by atoms with E-state index >= 15 is 0 Å². The van der Waals surface area contributed by atoms with E-state index in [4.69, 9.17) is 11.6 Å². The van der Waals surface area contributed by atoms with Crippen molar-refractivity contribution in [2.24, 2.45) is 0 Å². The number of aryl methyl sites for hydroxylation is 1. The van der Waals surface area contributed by atoms with Crippen LogP contribution < -0.4 is 0 Å². The lowest BCUT2D eigenvalue weighted by atomic mass is 10.1. The monoisotopic (exact) mass is 269 g/mol. The molecular formula is C11H9BrClN. The first-order valence-electron chi connectivity index (χ1n) is 4.40. The number of benzene rings is 1. The summed E-state index contributed by atoms with van der Waals surface area (Å²) in [7, 11) is 0. The first-order chi connectivity index (χ1) is 6.81. The largest absolute Gasteiger partial charge is 0.256 e. The van der Waals surface area contributed by atoms with Gasteiger partial charge < -0.3 is 0 Å². The minimum Gasteiger partial charge on any atom is -0.256 e. The van der Waals surface area contributed by atoms with Crippen molar-refractivity contribution in [3.63, 3.8) is 0 Å². The van der Waals surface area contributed by atoms with Gasteiger partial charge in [0.15, 0.2) is 0 Å². The van der Waals surface area contributed by atoms with E-state index in [0.717, 1.165) is 27.7 Å². The molecule has 72 valence electrons. The van der Waals surface area contributed by atoms with E-state index in [1.165, 1.54) is 5.56 Å². The molecule has 0 spiro atoms. The average molecular weight is 271 g/mol. The quantitative estimate of drug-likeness (QED) is 0.756. The zero-order valence-electron chi connectivity index (χ0n) is 7.50. The van der Waals surface area contributed by atoms with E-state index in [-0.39, 0.29) is 0 Å². The summed E-state index contributed by atoms with van der Waals surface area (Å²) in [5.74, 6) is 0. The van der Waals surface area contributed by atoms with Gasteiger partial charge in [-0.1, -0.05) is 39.7 Å². The number of aromatic nitrogens is 1. The van der Waals surface area contributed by atoms with Crippen LogP contribution in [0.1, 0.15) is 5.56 Å². The highest BCUT2D eigenvalue weighted by molar-refractivity contribution is 9.09. The third-order valence-electron chi connectivity index (χ3n) is 2.14. The van der Waals surface area contributed by atoms with E-state index in [9.17, 15) is 0 Å². The van der Waals surface area contributed by atoms with Crippen LogP contribution in [0.2, 0.25) is 5.02 Å². The molecule has 3 heteroatoms. The molecule has 0 aliphatic carbocycles. The van der Waals surface area contributed by atoms with Gasteiger partial charge in [-0.05, 0) is 24.1 Å². The second kappa shape index (κ2) is 4.28. The minimum atomic E-state index is 0.764. The maximum absolute atomic E-state index is 6.04. The lowest BCUT2D eigenvalue weighted by molar-refractivity contribution is 1.17. The summed E-state index contributed by atoms with van der Waals surface area (Å²) in [5.41, 5.74) is 2.25. The topological polar surface area (TPSA) is 12.9 Å². The maximum atomic E-state index is 6.04. The molecule has 0 radical (unpaired) electrons. The van der Waals surface area contributed by atoms with E-state index in [0.29, 0.717) is 0 Å². The van der Waals surface area contributed by atoms with Gasteiger partial charge in [-0.3, -0.25) is 4.98 Å². The van der Waals surface area contributed by atoms with Crippen LogP contribution in [-0.4, -0.2) is 10.3 Å². The number of nitrogens with zero attached hydrogens (tertiary/aromatic N) is 1. The van der Waals surface area contributed by atoms with Gasteiger partial charge in [0, 0.05) is 16.9 Å². The molecule has 0 saturated carbocycles. The molecule has 1 aromatic carbocycles. The van der Waals surface area contributed by atoms with Crippen LogP contribution in [0.4, 0.5) is 0 Å². The Morgan fingerprint density at radius 3 is 2.93 bits per heavy atom. The number of fused-ring (bicyclic) bond motifs is 1. The van der Waals surface area contributed by atoms with E-state index < -0.39 is 0 Å². The lowest BCUT2D eigenvalue weighted by Gasteiger charge is -2.02. The Morgan fingerprint density at radius 1 is 1.29 bits per heavy atom. The predicted octanol–water partition coefficient (Wildman–Crippen LogP) is 3.83. The summed E-state index contributed by atoms with van der Waals surface area (Å²) >= 11 is 9.46. The van der Waals surface area contributed by atoms with E-state index in [1.54, 1.807) is 6.20 Å². The molecular weight excluding hydrogens is 261 g/mol. The molecule has 0 saturated heterocycles. The molecule has 1 aromatic heterocycles. The van der Waals surface area contributed by atoms with Gasteiger partial charge in [0.25, 0.3) is 0 Å². The van der Waals surface area contributed by atoms with E-state index in [2.05, 4.69) is 33.0 Å². The summed E-state index contributed by atoms with van der Waals surface area (Å²) in [5, 5.41) is 2.76. The van der Waals surface area contributed by atoms with Crippen molar-refractivity contribution < 1.29 is 0 Å². The molecule has 2 aromatic rings. The fourth-order valence-electron chi connectivity index (χ4n) is 1.42. The fraction of sp³-hybridized carbons (Fsp3) is 0.182. The van der Waals surface area contributed by atoms with Crippen molar-refractivity contribution >= 4 is 38.4 Å². The summed E-state index contributed by atoms with van der Waals surface area (Å²) in [6, 6.07) is 8.02. The number of alkyl halides is 1. The summed E-state index contributed by atoms with van der Waals surface area (Å²) in [6.45, 7) is 0. The van der Waals surface area contributed by atoms with Gasteiger partial charge >= 0.3 is 0 Å². The normalized spacial score (nSPS) is 10.7. The molecule has 0 aliphatic rings. The Kier molecular flexibility index (Phi) is 3.04. The second-order valence-corrected chi connectivity index (χ2v) is 4.28. The molecule has 0 bridgehead atoms. The van der Waals surface area contributed by atoms with Crippen LogP contribution in [0.25, 0.3) is 10.9 Å². The summed E-state index contributed by atoms with van der Waals surface area (Å²) in [4.78, 5) is 4.29. The van der Waals surface area contributed by atoms with Gasteiger partial charge in [-0.25, -0.2) is 0 Å². The number of hydrogen-bond donors (Lipinski definition) is 0. The van der Waals surface area contributed by atoms with Crippen molar-refractivity contribution in [3.8, 4) is 0 Å². The van der Waals surface area contributed by atoms with E-state index in [1.807, 2.05) is 12.1 Å². The lowest BCUT2D eigenvalue weighted by Crippen LogP contribution is -1.87. The molecule has 1 nitrogen and oxygen atoms in total. The Labute approximate surface area is 96.2 Å². The zero-order chi connectivity index (χ0) is 9.97. The molecule has 0 aliphatic heterocycles. The van der Waals surface area contributed by atoms with Crippen LogP contribution >= 0.6 is 27.5 Å². The Balaban J connectivity index is 2.56. The van der Waals surface area contributed by atoms with Gasteiger partial charge in [0.1, 0.15) is 0 Å². The standard InChI is InChI=1S/C11H9BrClN/c12-5-3-8-1-2-9-10(13)4-6-14-11(9)7-8/h1-2,4,6-7H,3,5H2. The molecule has 1 heterocycles. The third-order valence-corrected chi connectivity index (χ3v) is 2.86. The molecule has 14 heavy (non-hydrogen) atoms. The number of pyridine rings is 1. The molecule has 2 rings (SSSR count). The molecule has 0 amide bonds. The smallest absolute Gasteiger partial charge is 0.0719 e. The van der Waals surface area contributed by atoms with Crippen LogP contribution in [0.3, 0.4) is 0 Å². The highest BCUT2D eigenvalue weighted by Crippen LogP contribution is 2.22. The number of rotatable bonds is 2. The Morgan fingerprint density at radius 2 is 2.14 bits per heavy atom. The zero-order valence-corrected chi connectivity index (χ0v) is 9.85. The minimum absolute atomic E-state index is 0.764. The average Bonchev–Trinajstić information content (AvgIpc) is 2.18. The van der Waals surface area contributed by atoms with Crippen LogP contribution in [0.5, 0.6) is 0 Å². The Bertz CT molecular complexity index is 456. The highest BCUT2D eigenvalue weighted by Gasteiger charge is 2.00. The van der Waals surface area contributed by atoms with Crippen molar-refractivity contribution in [1.29, 1.82) is 0 Å². The Hall–Kier alpha value is -0.600. The highest BCUT2D eigenvalue weighted by atomic mass is 79.9. The maximum Gasteiger partial charge on any atom is 0.0719 e. The second-order valence-electron chi connectivity index (χ2n) is 3.08. The molecule has 0 atom stereocenters. The van der Waals surface area contributed by atoms with Gasteiger partial charge in [-0.15, -0.1) is 0 Å². The predicted molar refractivity (Wildman–Crippen MR) is 64.3 cm³/mol. The van der Waals surface area contributed by atoms with Crippen molar-refractivity contribution in [2.45, 2.75) is 6.42 Å². The van der Waals surface area contributed by atoms with Crippen LogP contribution in [-0.2, 0) is 6.42 Å². The van der Waals surface area contributed by atoms with Crippen molar-refractivity contribution in [2.75, 3.05) is 5.33 Å². The number of halogens is 2.